The van der Waals surface area contributed by atoms with Gasteiger partial charge in [0, 0.05) is 27.4 Å². The predicted molar refractivity (Wildman–Crippen MR) is 117 cm³/mol. The zero-order chi connectivity index (χ0) is 19.6. The van der Waals surface area contributed by atoms with E-state index in [2.05, 4.69) is 21.2 Å². The number of benzene rings is 2. The Labute approximate surface area is 174 Å². The van der Waals surface area contributed by atoms with E-state index in [1.807, 2.05) is 60.0 Å². The number of aromatic carboxylic acids is 1. The van der Waals surface area contributed by atoms with Gasteiger partial charge in [-0.25, -0.2) is 4.79 Å². The second-order valence-electron chi connectivity index (χ2n) is 5.18. The molecule has 1 aromatic heterocycles. The Morgan fingerprint density at radius 2 is 1.81 bits per heavy atom. The van der Waals surface area contributed by atoms with Crippen molar-refractivity contribution in [1.29, 1.82) is 0 Å². The number of carbonyl (C=O) groups is 2. The van der Waals surface area contributed by atoms with E-state index < -0.39 is 5.97 Å². The molecule has 2 N–H and O–H groups in total. The van der Waals surface area contributed by atoms with Crippen molar-refractivity contribution >= 4 is 56.3 Å². The average molecular weight is 464 g/mol. The maximum Gasteiger partial charge on any atom is 0.339 e. The molecule has 0 fully saturated rings. The number of carboxylic acids is 1. The smallest absolute Gasteiger partial charge is 0.339 e. The SMILES string of the molecule is CNc1scc(-c2ccccc2Br)c1C(=O)O.O=CCSc1ccccc1. The summed E-state index contributed by atoms with van der Waals surface area (Å²) in [6, 6.07) is 17.5. The Kier molecular flexibility index (Phi) is 8.57. The largest absolute Gasteiger partial charge is 0.478 e. The molecule has 140 valence electrons. The highest BCUT2D eigenvalue weighted by molar-refractivity contribution is 9.10. The van der Waals surface area contributed by atoms with Gasteiger partial charge in [-0.05, 0) is 23.8 Å². The van der Waals surface area contributed by atoms with Gasteiger partial charge in [-0.15, -0.1) is 23.1 Å². The van der Waals surface area contributed by atoms with Crippen molar-refractivity contribution in [2.24, 2.45) is 0 Å². The number of thioether (sulfide) groups is 1. The van der Waals surface area contributed by atoms with Crippen molar-refractivity contribution in [3.05, 3.63) is 70.0 Å². The van der Waals surface area contributed by atoms with Crippen LogP contribution in [0.5, 0.6) is 0 Å². The number of hydrogen-bond acceptors (Lipinski definition) is 5. The van der Waals surface area contributed by atoms with Crippen molar-refractivity contribution in [3.63, 3.8) is 0 Å². The third kappa shape index (κ3) is 5.95. The molecule has 1 heterocycles. The van der Waals surface area contributed by atoms with Crippen LogP contribution in [0.2, 0.25) is 0 Å². The number of hydrogen-bond donors (Lipinski definition) is 2. The Balaban J connectivity index is 0.000000223. The number of halogens is 1. The van der Waals surface area contributed by atoms with Crippen molar-refractivity contribution in [3.8, 4) is 11.1 Å². The maximum atomic E-state index is 11.3. The van der Waals surface area contributed by atoms with E-state index in [4.69, 9.17) is 0 Å². The molecule has 0 aliphatic rings. The van der Waals surface area contributed by atoms with Gasteiger partial charge in [0.2, 0.25) is 0 Å². The molecular weight excluding hydrogens is 446 g/mol. The van der Waals surface area contributed by atoms with Crippen LogP contribution in [-0.4, -0.2) is 30.2 Å². The van der Waals surface area contributed by atoms with Crippen molar-refractivity contribution in [1.82, 2.24) is 0 Å². The fraction of sp³-hybridized carbons (Fsp3) is 0.100. The summed E-state index contributed by atoms with van der Waals surface area (Å²) in [4.78, 5) is 22.4. The van der Waals surface area contributed by atoms with Crippen LogP contribution >= 0.6 is 39.0 Å². The third-order valence-electron chi connectivity index (χ3n) is 3.46. The number of thiophene rings is 1. The quantitative estimate of drug-likeness (QED) is 0.352. The summed E-state index contributed by atoms with van der Waals surface area (Å²) in [5.41, 5.74) is 1.95. The van der Waals surface area contributed by atoms with Crippen LogP contribution in [0.3, 0.4) is 0 Å². The highest BCUT2D eigenvalue weighted by atomic mass is 79.9. The first kappa shape index (κ1) is 21.2. The molecule has 4 nitrogen and oxygen atoms in total. The molecule has 0 amide bonds. The molecule has 0 atom stereocenters. The van der Waals surface area contributed by atoms with Gasteiger partial charge in [-0.1, -0.05) is 52.3 Å². The zero-order valence-corrected chi connectivity index (χ0v) is 17.7. The number of aldehydes is 1. The summed E-state index contributed by atoms with van der Waals surface area (Å²) in [5, 5.41) is 14.7. The van der Waals surface area contributed by atoms with E-state index in [0.29, 0.717) is 16.3 Å². The minimum absolute atomic E-state index is 0.324. The standard InChI is InChI=1S/C12H10BrNO2S.C8H8OS/c1-14-11-10(12(15)16)8(6-17-11)7-4-2-3-5-9(7)13;9-6-7-10-8-4-2-1-3-5-8/h2-6,14H,1H3,(H,15,16);1-6H,7H2. The molecular formula is C20H18BrNO3S2. The maximum absolute atomic E-state index is 11.3. The lowest BCUT2D eigenvalue weighted by molar-refractivity contribution is -0.105. The fourth-order valence-electron chi connectivity index (χ4n) is 2.28. The lowest BCUT2D eigenvalue weighted by Crippen LogP contribution is -2.01. The molecule has 27 heavy (non-hydrogen) atoms. The van der Waals surface area contributed by atoms with Gasteiger partial charge in [0.15, 0.2) is 0 Å². The average Bonchev–Trinajstić information content (AvgIpc) is 3.12. The van der Waals surface area contributed by atoms with E-state index in [-0.39, 0.29) is 0 Å². The summed E-state index contributed by atoms with van der Waals surface area (Å²) in [6.07, 6.45) is 0.914. The topological polar surface area (TPSA) is 66.4 Å². The minimum Gasteiger partial charge on any atom is -0.478 e. The van der Waals surface area contributed by atoms with Gasteiger partial charge in [0.1, 0.15) is 16.9 Å². The number of nitrogens with one attached hydrogen (secondary N) is 1. The van der Waals surface area contributed by atoms with Crippen LogP contribution in [0.15, 0.2) is 69.3 Å². The van der Waals surface area contributed by atoms with E-state index in [1.165, 1.54) is 11.3 Å². The summed E-state index contributed by atoms with van der Waals surface area (Å²) >= 11 is 6.39. The van der Waals surface area contributed by atoms with Gasteiger partial charge in [0.05, 0.1) is 5.75 Å². The molecule has 0 saturated carbocycles. The number of carbonyl (C=O) groups excluding carboxylic acids is 1. The Bertz CT molecular complexity index is 897. The van der Waals surface area contributed by atoms with Crippen LogP contribution in [0.25, 0.3) is 11.1 Å². The summed E-state index contributed by atoms with van der Waals surface area (Å²) in [7, 11) is 1.72. The molecule has 0 bridgehead atoms. The van der Waals surface area contributed by atoms with Crippen molar-refractivity contribution in [2.45, 2.75) is 4.90 Å². The van der Waals surface area contributed by atoms with Crippen LogP contribution < -0.4 is 5.32 Å². The normalized spacial score (nSPS) is 9.85. The Hall–Kier alpha value is -2.09. The van der Waals surface area contributed by atoms with Gasteiger partial charge in [0.25, 0.3) is 0 Å². The van der Waals surface area contributed by atoms with Crippen LogP contribution in [0.1, 0.15) is 10.4 Å². The van der Waals surface area contributed by atoms with Crippen LogP contribution in [0, 0.1) is 0 Å². The predicted octanol–water partition coefficient (Wildman–Crippen LogP) is 5.90. The van der Waals surface area contributed by atoms with E-state index in [0.717, 1.165) is 26.8 Å². The first-order valence-corrected chi connectivity index (χ1v) is 10.6. The van der Waals surface area contributed by atoms with Crippen molar-refractivity contribution in [2.75, 3.05) is 18.1 Å². The second kappa shape index (κ2) is 10.9. The first-order valence-electron chi connectivity index (χ1n) is 7.97. The fourth-order valence-corrected chi connectivity index (χ4v) is 4.30. The molecule has 0 spiro atoms. The minimum atomic E-state index is -0.915. The first-order chi connectivity index (χ1) is 13.1. The summed E-state index contributed by atoms with van der Waals surface area (Å²) in [6.45, 7) is 0. The summed E-state index contributed by atoms with van der Waals surface area (Å²) in [5.74, 6) is -0.370. The van der Waals surface area contributed by atoms with Gasteiger partial charge < -0.3 is 15.2 Å². The Morgan fingerprint density at radius 1 is 1.15 bits per heavy atom. The van der Waals surface area contributed by atoms with E-state index >= 15 is 0 Å². The number of anilines is 1. The molecule has 0 unspecified atom stereocenters. The lowest BCUT2D eigenvalue weighted by atomic mass is 10.0. The van der Waals surface area contributed by atoms with Gasteiger partial charge in [-0.2, -0.15) is 0 Å². The molecule has 3 rings (SSSR count). The molecule has 0 aliphatic carbocycles. The number of carboxylic acid groups (broad SMARTS) is 1. The van der Waals surface area contributed by atoms with Crippen molar-refractivity contribution < 1.29 is 14.7 Å². The number of rotatable bonds is 6. The molecule has 3 aromatic rings. The van der Waals surface area contributed by atoms with Crippen LogP contribution in [-0.2, 0) is 4.79 Å². The molecule has 0 aliphatic heterocycles. The van der Waals surface area contributed by atoms with E-state index in [9.17, 15) is 14.7 Å². The van der Waals surface area contributed by atoms with Gasteiger partial charge >= 0.3 is 5.97 Å². The third-order valence-corrected chi connectivity index (χ3v) is 6.05. The second-order valence-corrected chi connectivity index (χ2v) is 8.01. The molecule has 2 aromatic carbocycles. The highest BCUT2D eigenvalue weighted by Gasteiger charge is 2.19. The molecule has 7 heteroatoms. The zero-order valence-electron chi connectivity index (χ0n) is 14.5. The molecule has 0 radical (unpaired) electrons. The Morgan fingerprint density at radius 3 is 2.41 bits per heavy atom. The summed E-state index contributed by atoms with van der Waals surface area (Å²) < 4.78 is 0.892. The van der Waals surface area contributed by atoms with Crippen LogP contribution in [0.4, 0.5) is 5.00 Å². The molecule has 0 saturated heterocycles. The highest BCUT2D eigenvalue weighted by Crippen LogP contribution is 2.38. The lowest BCUT2D eigenvalue weighted by Gasteiger charge is -2.05. The van der Waals surface area contributed by atoms with E-state index in [1.54, 1.807) is 18.8 Å². The monoisotopic (exact) mass is 463 g/mol. The van der Waals surface area contributed by atoms with Gasteiger partial charge in [-0.3, -0.25) is 0 Å².